The van der Waals surface area contributed by atoms with Crippen LogP contribution in [0.1, 0.15) is 17.5 Å². The number of hydrogen-bond acceptors (Lipinski definition) is 3. The van der Waals surface area contributed by atoms with Crippen LogP contribution in [0.5, 0.6) is 11.5 Å². The summed E-state index contributed by atoms with van der Waals surface area (Å²) in [5, 5.41) is 0. The predicted octanol–water partition coefficient (Wildman–Crippen LogP) is 2.03. The van der Waals surface area contributed by atoms with Crippen LogP contribution in [0.25, 0.3) is 5.57 Å². The summed E-state index contributed by atoms with van der Waals surface area (Å²) in [5.74, 6) is 1.63. The molecule has 2 aromatic carbocycles. The first-order valence-electron chi connectivity index (χ1n) is 9.65. The summed E-state index contributed by atoms with van der Waals surface area (Å²) >= 11 is 0. The number of nitrogens with one attached hydrogen (secondary N) is 1. The van der Waals surface area contributed by atoms with E-state index < -0.39 is 0 Å². The Morgan fingerprint density at radius 1 is 1.07 bits per heavy atom. The lowest BCUT2D eigenvalue weighted by molar-refractivity contribution is -0.885. The molecule has 0 spiro atoms. The normalized spacial score (nSPS) is 15.0. The van der Waals surface area contributed by atoms with E-state index in [1.165, 1.54) is 11.1 Å². The molecule has 1 unspecified atom stereocenters. The third-order valence-corrected chi connectivity index (χ3v) is 5.11. The van der Waals surface area contributed by atoms with Gasteiger partial charge in [0, 0.05) is 18.7 Å². The number of hydrogen-bond donors (Lipinski definition) is 1. The van der Waals surface area contributed by atoms with Crippen molar-refractivity contribution in [3.8, 4) is 11.5 Å². The number of ether oxygens (including phenoxy) is 2. The molecule has 0 fully saturated rings. The summed E-state index contributed by atoms with van der Waals surface area (Å²) in [6, 6.07) is 16.3. The predicted molar refractivity (Wildman–Crippen MR) is 111 cm³/mol. The van der Waals surface area contributed by atoms with Crippen LogP contribution in [0.3, 0.4) is 0 Å². The van der Waals surface area contributed by atoms with Crippen LogP contribution in [0, 0.1) is 0 Å². The Kier molecular flexibility index (Phi) is 6.71. The Balaban J connectivity index is 1.54. The Hall–Kier alpha value is -2.79. The zero-order chi connectivity index (χ0) is 19.9. The van der Waals surface area contributed by atoms with E-state index in [0.29, 0.717) is 24.6 Å². The lowest BCUT2D eigenvalue weighted by Gasteiger charge is -2.27. The molecular formula is C23H29N2O3+. The van der Waals surface area contributed by atoms with Crippen molar-refractivity contribution in [2.75, 3.05) is 40.9 Å². The van der Waals surface area contributed by atoms with Crippen molar-refractivity contribution < 1.29 is 19.2 Å². The Labute approximate surface area is 167 Å². The minimum absolute atomic E-state index is 0.196. The number of amides is 1. The molecule has 0 bridgehead atoms. The molecule has 5 heteroatoms. The average molecular weight is 381 g/mol. The van der Waals surface area contributed by atoms with Crippen molar-refractivity contribution in [2.45, 2.75) is 13.0 Å². The highest BCUT2D eigenvalue weighted by Crippen LogP contribution is 2.27. The largest absolute Gasteiger partial charge is 0.493 e. The van der Waals surface area contributed by atoms with Crippen LogP contribution >= 0.6 is 0 Å². The molecule has 0 saturated carbocycles. The van der Waals surface area contributed by atoms with Gasteiger partial charge in [-0.25, -0.2) is 0 Å². The molecule has 1 aliphatic heterocycles. The zero-order valence-electron chi connectivity index (χ0n) is 16.9. The van der Waals surface area contributed by atoms with Gasteiger partial charge < -0.3 is 19.3 Å². The molecule has 1 atom stereocenters. The molecule has 2 aromatic rings. The standard InChI is InChI=1S/C23H28N2O3/c1-24(16-18-9-10-21(27-2)22(15-18)28-3)17-23(26)25-13-11-20(12-14-25)19-7-5-4-6-8-19/h4-11,15H,12-14,16-17H2,1-3H3/p+1. The van der Waals surface area contributed by atoms with Crippen LogP contribution in [0.2, 0.25) is 0 Å². The summed E-state index contributed by atoms with van der Waals surface area (Å²) < 4.78 is 10.6. The number of methoxy groups -OCH3 is 2. The maximum Gasteiger partial charge on any atom is 0.278 e. The van der Waals surface area contributed by atoms with Crippen molar-refractivity contribution in [1.82, 2.24) is 4.90 Å². The minimum Gasteiger partial charge on any atom is -0.493 e. The molecule has 0 aliphatic carbocycles. The number of rotatable bonds is 7. The van der Waals surface area contributed by atoms with Gasteiger partial charge in [0.15, 0.2) is 18.0 Å². The van der Waals surface area contributed by atoms with Gasteiger partial charge in [0.1, 0.15) is 6.54 Å². The number of nitrogens with zero attached hydrogens (tertiary/aromatic N) is 1. The molecule has 1 N–H and O–H groups in total. The maximum absolute atomic E-state index is 12.7. The first kappa shape index (κ1) is 20.0. The summed E-state index contributed by atoms with van der Waals surface area (Å²) in [5.41, 5.74) is 3.70. The monoisotopic (exact) mass is 381 g/mol. The molecule has 3 rings (SSSR count). The molecule has 0 radical (unpaired) electrons. The van der Waals surface area contributed by atoms with Crippen LogP contribution in [-0.4, -0.2) is 51.7 Å². The van der Waals surface area contributed by atoms with Gasteiger partial charge in [0.2, 0.25) is 0 Å². The van der Waals surface area contributed by atoms with Crippen molar-refractivity contribution in [2.24, 2.45) is 0 Å². The Morgan fingerprint density at radius 3 is 2.46 bits per heavy atom. The van der Waals surface area contributed by atoms with E-state index in [4.69, 9.17) is 9.47 Å². The first-order valence-corrected chi connectivity index (χ1v) is 9.65. The van der Waals surface area contributed by atoms with E-state index in [1.54, 1.807) is 14.2 Å². The molecule has 5 nitrogen and oxygen atoms in total. The van der Waals surface area contributed by atoms with Crippen LogP contribution < -0.4 is 14.4 Å². The number of benzene rings is 2. The van der Waals surface area contributed by atoms with Crippen LogP contribution in [-0.2, 0) is 11.3 Å². The first-order chi connectivity index (χ1) is 13.6. The van der Waals surface area contributed by atoms with E-state index in [1.807, 2.05) is 36.2 Å². The molecule has 28 heavy (non-hydrogen) atoms. The third-order valence-electron chi connectivity index (χ3n) is 5.11. The van der Waals surface area contributed by atoms with Gasteiger partial charge in [-0.2, -0.15) is 0 Å². The molecule has 1 amide bonds. The molecule has 148 valence electrons. The quantitative estimate of drug-likeness (QED) is 0.798. The fourth-order valence-corrected chi connectivity index (χ4v) is 3.58. The van der Waals surface area contributed by atoms with Gasteiger partial charge in [-0.1, -0.05) is 36.4 Å². The third kappa shape index (κ3) is 4.93. The van der Waals surface area contributed by atoms with Gasteiger partial charge in [-0.05, 0) is 35.8 Å². The van der Waals surface area contributed by atoms with E-state index >= 15 is 0 Å². The molecule has 0 saturated heterocycles. The minimum atomic E-state index is 0.196. The van der Waals surface area contributed by atoms with Crippen molar-refractivity contribution in [3.63, 3.8) is 0 Å². The van der Waals surface area contributed by atoms with E-state index in [0.717, 1.165) is 30.0 Å². The van der Waals surface area contributed by atoms with Gasteiger partial charge >= 0.3 is 0 Å². The van der Waals surface area contributed by atoms with Crippen molar-refractivity contribution in [3.05, 3.63) is 65.7 Å². The highest BCUT2D eigenvalue weighted by Gasteiger charge is 2.21. The second-order valence-corrected chi connectivity index (χ2v) is 7.19. The lowest BCUT2D eigenvalue weighted by Crippen LogP contribution is -3.08. The zero-order valence-corrected chi connectivity index (χ0v) is 16.9. The van der Waals surface area contributed by atoms with E-state index in [9.17, 15) is 4.79 Å². The number of likely N-dealkylation sites (N-methyl/N-ethyl adjacent to an activating group) is 1. The fourth-order valence-electron chi connectivity index (χ4n) is 3.58. The van der Waals surface area contributed by atoms with E-state index in [-0.39, 0.29) is 5.91 Å². The molecule has 1 aliphatic rings. The topological polar surface area (TPSA) is 43.2 Å². The fraction of sp³-hybridized carbons (Fsp3) is 0.348. The Bertz CT molecular complexity index is 833. The molecule has 0 aromatic heterocycles. The van der Waals surface area contributed by atoms with Gasteiger partial charge in [-0.3, -0.25) is 4.79 Å². The van der Waals surface area contributed by atoms with Gasteiger partial charge in [-0.15, -0.1) is 0 Å². The highest BCUT2D eigenvalue weighted by atomic mass is 16.5. The highest BCUT2D eigenvalue weighted by molar-refractivity contribution is 5.79. The van der Waals surface area contributed by atoms with Gasteiger partial charge in [0.05, 0.1) is 21.3 Å². The molecule has 1 heterocycles. The summed E-state index contributed by atoms with van der Waals surface area (Å²) in [6.45, 7) is 2.70. The molecular weight excluding hydrogens is 352 g/mol. The summed E-state index contributed by atoms with van der Waals surface area (Å²) in [7, 11) is 5.31. The van der Waals surface area contributed by atoms with Crippen molar-refractivity contribution >= 4 is 11.5 Å². The van der Waals surface area contributed by atoms with Crippen LogP contribution in [0.4, 0.5) is 0 Å². The maximum atomic E-state index is 12.7. The second kappa shape index (κ2) is 9.42. The van der Waals surface area contributed by atoms with Crippen LogP contribution in [0.15, 0.2) is 54.6 Å². The van der Waals surface area contributed by atoms with E-state index in [2.05, 4.69) is 30.3 Å². The number of carbonyl (C=O) groups excluding carboxylic acids is 1. The smallest absolute Gasteiger partial charge is 0.278 e. The average Bonchev–Trinajstić information content (AvgIpc) is 2.74. The summed E-state index contributed by atoms with van der Waals surface area (Å²) in [4.78, 5) is 15.8. The Morgan fingerprint density at radius 2 is 1.82 bits per heavy atom. The number of carbonyl (C=O) groups is 1. The number of quaternary nitrogens is 1. The van der Waals surface area contributed by atoms with Crippen molar-refractivity contribution in [1.29, 1.82) is 0 Å². The van der Waals surface area contributed by atoms with Gasteiger partial charge in [0.25, 0.3) is 5.91 Å². The SMILES string of the molecule is COc1ccc(C[NH+](C)CC(=O)N2CC=C(c3ccccc3)CC2)cc1OC. The second-order valence-electron chi connectivity index (χ2n) is 7.19. The lowest BCUT2D eigenvalue weighted by atomic mass is 9.99. The summed E-state index contributed by atoms with van der Waals surface area (Å²) in [6.07, 6.45) is 3.09.